The maximum Gasteiger partial charge on any atom is 0.255 e. The zero-order valence-electron chi connectivity index (χ0n) is 19.5. The first-order valence-corrected chi connectivity index (χ1v) is 10.8. The van der Waals surface area contributed by atoms with Crippen LogP contribution >= 0.6 is 0 Å². The fourth-order valence-corrected chi connectivity index (χ4v) is 6.14. The summed E-state index contributed by atoms with van der Waals surface area (Å²) < 4.78 is 11.5. The summed E-state index contributed by atoms with van der Waals surface area (Å²) >= 11 is 0. The van der Waals surface area contributed by atoms with E-state index in [9.17, 15) is 29.7 Å². The number of aromatic hydroxyl groups is 1. The fourth-order valence-electron chi connectivity index (χ4n) is 6.14. The van der Waals surface area contributed by atoms with Gasteiger partial charge in [-0.1, -0.05) is 19.1 Å². The predicted molar refractivity (Wildman–Crippen MR) is 120 cm³/mol. The Balaban J connectivity index is 2.13. The number of aliphatic hydroxyl groups excluding tert-OH is 2. The molecule has 1 fully saturated rings. The Morgan fingerprint density at radius 1 is 1.15 bits per heavy atom. The number of rotatable bonds is 4. The summed E-state index contributed by atoms with van der Waals surface area (Å²) in [5.74, 6) is -6.60. The molecule has 0 radical (unpaired) electrons. The summed E-state index contributed by atoms with van der Waals surface area (Å²) in [6.07, 6.45) is -0.909. The van der Waals surface area contributed by atoms with Crippen LogP contribution in [-0.2, 0) is 23.9 Å². The van der Waals surface area contributed by atoms with E-state index in [1.54, 1.807) is 26.2 Å². The van der Waals surface area contributed by atoms with Crippen LogP contribution in [0.1, 0.15) is 24.0 Å². The molecule has 3 aliphatic carbocycles. The number of nitrogens with zero attached hydrogens (tertiary/aromatic N) is 1. The van der Waals surface area contributed by atoms with Crippen molar-refractivity contribution in [3.05, 3.63) is 46.2 Å². The number of hydrogen-bond donors (Lipinski definition) is 4. The van der Waals surface area contributed by atoms with Crippen molar-refractivity contribution in [1.82, 2.24) is 4.90 Å². The van der Waals surface area contributed by atoms with Gasteiger partial charge in [0.1, 0.15) is 22.8 Å². The van der Waals surface area contributed by atoms with E-state index in [0.29, 0.717) is 5.56 Å². The summed E-state index contributed by atoms with van der Waals surface area (Å²) in [4.78, 5) is 41.3. The van der Waals surface area contributed by atoms with Crippen LogP contribution in [0.3, 0.4) is 0 Å². The first-order valence-electron chi connectivity index (χ1n) is 10.8. The average molecular weight is 472 g/mol. The lowest BCUT2D eigenvalue weighted by Crippen LogP contribution is -2.71. The van der Waals surface area contributed by atoms with Gasteiger partial charge in [-0.25, -0.2) is 0 Å². The van der Waals surface area contributed by atoms with Gasteiger partial charge in [-0.15, -0.1) is 0 Å². The topological polar surface area (TPSA) is 160 Å². The number of aliphatic hydroxyl groups is 2. The first-order chi connectivity index (χ1) is 16.0. The molecular formula is C24H28N2O8. The summed E-state index contributed by atoms with van der Waals surface area (Å²) in [6.45, 7) is 1.83. The van der Waals surface area contributed by atoms with E-state index in [1.165, 1.54) is 25.2 Å². The van der Waals surface area contributed by atoms with Gasteiger partial charge in [0.05, 0.1) is 23.6 Å². The second kappa shape index (κ2) is 7.93. The van der Waals surface area contributed by atoms with Crippen LogP contribution < -0.4 is 5.73 Å². The Labute approximate surface area is 196 Å². The number of ether oxygens (including phenoxy) is 2. The third-order valence-corrected chi connectivity index (χ3v) is 7.53. The monoisotopic (exact) mass is 472 g/mol. The van der Waals surface area contributed by atoms with Gasteiger partial charge < -0.3 is 30.5 Å². The molecule has 5 N–H and O–H groups in total. The predicted octanol–water partition coefficient (Wildman–Crippen LogP) is 0.804. The van der Waals surface area contributed by atoms with Gasteiger partial charge in [0.2, 0.25) is 5.78 Å². The SMILES string of the molecule is COC1C2C(=C(O)c3c(O)cccc3C2C)C(=O)C2(OC)C(O)=C(C(N)=O)C(=O)C(N(C)C)C12. The number of methoxy groups -OCH3 is 2. The van der Waals surface area contributed by atoms with Gasteiger partial charge in [0, 0.05) is 25.7 Å². The number of fused-ring (bicyclic) bond motifs is 3. The molecule has 0 aliphatic heterocycles. The van der Waals surface area contributed by atoms with Crippen LogP contribution in [-0.4, -0.2) is 83.8 Å². The van der Waals surface area contributed by atoms with Gasteiger partial charge in [0.15, 0.2) is 11.4 Å². The van der Waals surface area contributed by atoms with Crippen LogP contribution in [0.5, 0.6) is 5.75 Å². The largest absolute Gasteiger partial charge is 0.508 e. The lowest BCUT2D eigenvalue weighted by Gasteiger charge is -2.56. The van der Waals surface area contributed by atoms with Gasteiger partial charge >= 0.3 is 0 Å². The van der Waals surface area contributed by atoms with E-state index in [4.69, 9.17) is 15.2 Å². The second-order valence-electron chi connectivity index (χ2n) is 9.17. The minimum absolute atomic E-state index is 0.101. The van der Waals surface area contributed by atoms with Crippen LogP contribution in [0.15, 0.2) is 35.1 Å². The lowest BCUT2D eigenvalue weighted by molar-refractivity contribution is -0.179. The van der Waals surface area contributed by atoms with Crippen LogP contribution in [0.2, 0.25) is 0 Å². The number of phenols is 1. The zero-order valence-corrected chi connectivity index (χ0v) is 19.5. The van der Waals surface area contributed by atoms with Crippen molar-refractivity contribution in [2.24, 2.45) is 17.6 Å². The molecule has 6 unspecified atom stereocenters. The van der Waals surface area contributed by atoms with Crippen molar-refractivity contribution in [3.8, 4) is 5.75 Å². The molecule has 0 aromatic heterocycles. The van der Waals surface area contributed by atoms with Gasteiger partial charge in [-0.2, -0.15) is 0 Å². The highest BCUT2D eigenvalue weighted by atomic mass is 16.5. The van der Waals surface area contributed by atoms with Crippen molar-refractivity contribution < 1.29 is 39.2 Å². The number of carbonyl (C=O) groups excluding carboxylic acids is 3. The maximum absolute atomic E-state index is 14.2. The summed E-state index contributed by atoms with van der Waals surface area (Å²) in [5, 5.41) is 32.9. The van der Waals surface area contributed by atoms with E-state index >= 15 is 0 Å². The molecule has 1 aromatic rings. The Bertz CT molecular complexity index is 1170. The number of Topliss-reactive ketones (excluding diaryl/α,β-unsaturated/α-hetero) is 2. The number of amides is 1. The molecule has 0 bridgehead atoms. The van der Waals surface area contributed by atoms with Crippen LogP contribution in [0.4, 0.5) is 0 Å². The third-order valence-electron chi connectivity index (χ3n) is 7.53. The molecule has 10 nitrogen and oxygen atoms in total. The normalized spacial score (nSPS) is 33.1. The van der Waals surface area contributed by atoms with E-state index < -0.39 is 70.1 Å². The zero-order chi connectivity index (χ0) is 25.3. The molecular weight excluding hydrogens is 444 g/mol. The Morgan fingerprint density at radius 2 is 1.79 bits per heavy atom. The maximum atomic E-state index is 14.2. The molecule has 0 spiro atoms. The highest BCUT2D eigenvalue weighted by Crippen LogP contribution is 2.57. The summed E-state index contributed by atoms with van der Waals surface area (Å²) in [7, 11) is 5.77. The van der Waals surface area contributed by atoms with Gasteiger partial charge in [-0.3, -0.25) is 19.3 Å². The first kappa shape index (κ1) is 23.9. The minimum Gasteiger partial charge on any atom is -0.508 e. The molecule has 1 amide bonds. The molecule has 10 heteroatoms. The fraction of sp³-hybridized carbons (Fsp3) is 0.458. The molecule has 3 aliphatic rings. The van der Waals surface area contributed by atoms with Crippen molar-refractivity contribution in [3.63, 3.8) is 0 Å². The lowest BCUT2D eigenvalue weighted by atomic mass is 9.54. The van der Waals surface area contributed by atoms with Crippen molar-refractivity contribution >= 4 is 23.2 Å². The van der Waals surface area contributed by atoms with Crippen LogP contribution in [0.25, 0.3) is 5.76 Å². The van der Waals surface area contributed by atoms with Crippen molar-refractivity contribution in [2.45, 2.75) is 30.6 Å². The molecule has 1 saturated carbocycles. The quantitative estimate of drug-likeness (QED) is 0.465. The minimum atomic E-state index is -2.23. The molecule has 6 atom stereocenters. The number of carbonyl (C=O) groups is 3. The molecule has 34 heavy (non-hydrogen) atoms. The molecule has 182 valence electrons. The van der Waals surface area contributed by atoms with E-state index in [-0.39, 0.29) is 16.9 Å². The average Bonchev–Trinajstić information content (AvgIpc) is 2.76. The molecule has 0 heterocycles. The number of hydrogen-bond acceptors (Lipinski definition) is 9. The van der Waals surface area contributed by atoms with Crippen molar-refractivity contribution in [2.75, 3.05) is 28.3 Å². The molecule has 4 rings (SSSR count). The number of primary amides is 1. The number of likely N-dealkylation sites (N-methyl/N-ethyl adjacent to an activating group) is 1. The Morgan fingerprint density at radius 3 is 2.32 bits per heavy atom. The van der Waals surface area contributed by atoms with Crippen LogP contribution in [0, 0.1) is 11.8 Å². The third kappa shape index (κ3) is 2.76. The number of phenolic OH excluding ortho intramolecular Hbond substituents is 1. The second-order valence-corrected chi connectivity index (χ2v) is 9.17. The Hall–Kier alpha value is -3.21. The standard InChI is InChI=1S/C24H28N2O8/c1-9-10-7-6-8-11(27)13(10)18(28)14-12(9)20(33-4)16-17(26(2)3)19(29)15(23(25)32)22(31)24(16,34-5)21(14)30/h6-9,12,16-17,20,27-28,31H,1-5H3,(H2,25,32). The summed E-state index contributed by atoms with van der Waals surface area (Å²) in [5.41, 5.74) is 3.06. The van der Waals surface area contributed by atoms with Gasteiger partial charge in [0.25, 0.3) is 5.91 Å². The molecule has 0 saturated heterocycles. The molecule has 1 aromatic carbocycles. The number of ketones is 2. The number of nitrogens with two attached hydrogens (primary N) is 1. The smallest absolute Gasteiger partial charge is 0.255 e. The Kier molecular flexibility index (Phi) is 5.58. The van der Waals surface area contributed by atoms with E-state index in [1.807, 2.05) is 6.92 Å². The summed E-state index contributed by atoms with van der Waals surface area (Å²) in [6, 6.07) is 3.66. The van der Waals surface area contributed by atoms with Gasteiger partial charge in [-0.05, 0) is 31.6 Å². The highest BCUT2D eigenvalue weighted by Gasteiger charge is 2.69. The van der Waals surface area contributed by atoms with E-state index in [2.05, 4.69) is 0 Å². The number of benzene rings is 1. The highest BCUT2D eigenvalue weighted by molar-refractivity contribution is 6.24. The van der Waals surface area contributed by atoms with Crippen molar-refractivity contribution in [1.29, 1.82) is 0 Å². The van der Waals surface area contributed by atoms with E-state index in [0.717, 1.165) is 0 Å².